The maximum atomic E-state index is 12.7. The number of sulfonamides is 1. The molecule has 0 aliphatic carbocycles. The van der Waals surface area contributed by atoms with Gasteiger partial charge in [0.1, 0.15) is 10.6 Å². The first-order chi connectivity index (χ1) is 14.3. The van der Waals surface area contributed by atoms with Gasteiger partial charge in [-0.25, -0.2) is 13.4 Å². The van der Waals surface area contributed by atoms with Crippen LogP contribution >= 0.6 is 11.3 Å². The van der Waals surface area contributed by atoms with E-state index in [4.69, 9.17) is 0 Å². The highest BCUT2D eigenvalue weighted by molar-refractivity contribution is 7.92. The number of benzene rings is 1. The van der Waals surface area contributed by atoms with Crippen LogP contribution in [0.15, 0.2) is 41.9 Å². The lowest BCUT2D eigenvalue weighted by Crippen LogP contribution is -2.25. The Labute approximate surface area is 178 Å². The summed E-state index contributed by atoms with van der Waals surface area (Å²) < 4.78 is 25.9. The van der Waals surface area contributed by atoms with Gasteiger partial charge >= 0.3 is 0 Å². The number of anilines is 6. The van der Waals surface area contributed by atoms with Crippen molar-refractivity contribution in [3.05, 3.63) is 46.8 Å². The summed E-state index contributed by atoms with van der Waals surface area (Å²) in [5.74, 6) is 0.876. The molecule has 3 heterocycles. The molecule has 0 spiro atoms. The van der Waals surface area contributed by atoms with Gasteiger partial charge in [-0.3, -0.25) is 9.52 Å². The minimum atomic E-state index is -3.33. The molecule has 1 aromatic carbocycles. The molecule has 0 saturated heterocycles. The summed E-state index contributed by atoms with van der Waals surface area (Å²) in [6.07, 6.45) is 1.61. The first kappa shape index (κ1) is 20.1. The third-order valence-corrected chi connectivity index (χ3v) is 6.93. The van der Waals surface area contributed by atoms with Crippen LogP contribution in [0.4, 0.5) is 34.5 Å². The van der Waals surface area contributed by atoms with Crippen molar-refractivity contribution in [1.29, 1.82) is 0 Å². The predicted molar refractivity (Wildman–Crippen MR) is 120 cm³/mol. The normalized spacial score (nSPS) is 13.5. The van der Waals surface area contributed by atoms with Gasteiger partial charge in [0.15, 0.2) is 5.82 Å². The van der Waals surface area contributed by atoms with Gasteiger partial charge < -0.3 is 15.1 Å². The maximum Gasteiger partial charge on any atom is 0.270 e. The average molecular weight is 445 g/mol. The zero-order chi connectivity index (χ0) is 21.5. The maximum absolute atomic E-state index is 12.7. The smallest absolute Gasteiger partial charge is 0.270 e. The van der Waals surface area contributed by atoms with E-state index in [9.17, 15) is 13.2 Å². The molecule has 156 valence electrons. The predicted octanol–water partition coefficient (Wildman–Crippen LogP) is 3.40. The summed E-state index contributed by atoms with van der Waals surface area (Å²) in [7, 11) is 0.243. The molecule has 0 atom stereocenters. The molecule has 11 heteroatoms. The summed E-state index contributed by atoms with van der Waals surface area (Å²) in [5, 5.41) is 5.00. The number of aromatic nitrogens is 2. The molecule has 1 aliphatic rings. The van der Waals surface area contributed by atoms with Gasteiger partial charge in [0.2, 0.25) is 16.0 Å². The topological polar surface area (TPSA) is 108 Å². The van der Waals surface area contributed by atoms with Crippen molar-refractivity contribution in [2.24, 2.45) is 0 Å². The molecule has 4 rings (SSSR count). The Morgan fingerprint density at radius 1 is 1.03 bits per heavy atom. The van der Waals surface area contributed by atoms with Gasteiger partial charge in [0, 0.05) is 25.5 Å². The highest BCUT2D eigenvalue weighted by Gasteiger charge is 2.30. The zero-order valence-corrected chi connectivity index (χ0v) is 18.2. The molecule has 2 aromatic heterocycles. The summed E-state index contributed by atoms with van der Waals surface area (Å²) in [6.45, 7) is 1.58. The van der Waals surface area contributed by atoms with Crippen LogP contribution in [0.25, 0.3) is 0 Å². The number of fused-ring (bicyclic) bond motifs is 2. The molecule has 0 fully saturated rings. The van der Waals surface area contributed by atoms with Crippen LogP contribution in [0.5, 0.6) is 0 Å². The third-order valence-electron chi connectivity index (χ3n) is 4.73. The molecule has 1 aliphatic heterocycles. The van der Waals surface area contributed by atoms with Crippen molar-refractivity contribution in [3.63, 3.8) is 0 Å². The standard InChI is InChI=1S/C19H20N6O3S2/c1-4-30(27,28)23-13-7-5-12(6-8-13)21-19-20-11-15-17(22-19)24(2)14-9-10-29-16(14)18(26)25(15)3/h5-11,23H,4H2,1-3H3,(H,20,21,22). The minimum absolute atomic E-state index is 0.00623. The van der Waals surface area contributed by atoms with E-state index in [0.29, 0.717) is 33.7 Å². The Kier molecular flexibility index (Phi) is 5.08. The Hall–Kier alpha value is -3.18. The fourth-order valence-corrected chi connectivity index (χ4v) is 4.55. The van der Waals surface area contributed by atoms with E-state index in [0.717, 1.165) is 5.69 Å². The summed E-state index contributed by atoms with van der Waals surface area (Å²) in [4.78, 5) is 25.7. The largest absolute Gasteiger partial charge is 0.326 e. The molecule has 0 unspecified atom stereocenters. The number of rotatable bonds is 5. The van der Waals surface area contributed by atoms with Crippen LogP contribution < -0.4 is 19.8 Å². The van der Waals surface area contributed by atoms with Gasteiger partial charge in [-0.1, -0.05) is 0 Å². The van der Waals surface area contributed by atoms with Crippen LogP contribution in [0, 0.1) is 0 Å². The quantitative estimate of drug-likeness (QED) is 0.621. The number of hydrogen-bond donors (Lipinski definition) is 2. The summed E-state index contributed by atoms with van der Waals surface area (Å²) in [6, 6.07) is 8.69. The number of nitrogens with one attached hydrogen (secondary N) is 2. The highest BCUT2D eigenvalue weighted by Crippen LogP contribution is 2.40. The van der Waals surface area contributed by atoms with Gasteiger partial charge in [-0.15, -0.1) is 11.3 Å². The molecular formula is C19H20N6O3S2. The number of amides is 1. The monoisotopic (exact) mass is 444 g/mol. The summed E-state index contributed by atoms with van der Waals surface area (Å²) >= 11 is 1.39. The van der Waals surface area contributed by atoms with Crippen molar-refractivity contribution in [3.8, 4) is 0 Å². The van der Waals surface area contributed by atoms with E-state index in [1.807, 2.05) is 23.4 Å². The van der Waals surface area contributed by atoms with Crippen molar-refractivity contribution in [1.82, 2.24) is 9.97 Å². The lowest BCUT2D eigenvalue weighted by molar-refractivity contribution is 0.0998. The number of hydrogen-bond acceptors (Lipinski definition) is 8. The Morgan fingerprint density at radius 3 is 2.43 bits per heavy atom. The molecule has 0 radical (unpaired) electrons. The molecule has 3 aromatic rings. The molecule has 30 heavy (non-hydrogen) atoms. The van der Waals surface area contributed by atoms with Gasteiger partial charge in [0.25, 0.3) is 5.91 Å². The van der Waals surface area contributed by atoms with E-state index in [2.05, 4.69) is 20.0 Å². The first-order valence-electron chi connectivity index (χ1n) is 9.13. The van der Waals surface area contributed by atoms with Crippen LogP contribution in [0.2, 0.25) is 0 Å². The zero-order valence-electron chi connectivity index (χ0n) is 16.6. The molecule has 1 amide bonds. The second kappa shape index (κ2) is 7.58. The third kappa shape index (κ3) is 3.68. The number of carbonyl (C=O) groups excluding carboxylic acids is 1. The number of thiophene rings is 1. The van der Waals surface area contributed by atoms with Gasteiger partial charge in [0.05, 0.1) is 17.6 Å². The Balaban J connectivity index is 1.61. The van der Waals surface area contributed by atoms with E-state index in [1.165, 1.54) is 11.3 Å². The highest BCUT2D eigenvalue weighted by atomic mass is 32.2. The minimum Gasteiger partial charge on any atom is -0.326 e. The fraction of sp³-hybridized carbons (Fsp3) is 0.211. The second-order valence-corrected chi connectivity index (χ2v) is 9.60. The van der Waals surface area contributed by atoms with E-state index < -0.39 is 10.0 Å². The summed E-state index contributed by atoms with van der Waals surface area (Å²) in [5.41, 5.74) is 2.59. The molecule has 0 bridgehead atoms. The molecule has 9 nitrogen and oxygen atoms in total. The second-order valence-electron chi connectivity index (χ2n) is 6.67. The van der Waals surface area contributed by atoms with Crippen molar-refractivity contribution >= 4 is 61.8 Å². The van der Waals surface area contributed by atoms with Crippen LogP contribution in [0.1, 0.15) is 16.6 Å². The van der Waals surface area contributed by atoms with Crippen LogP contribution in [0.3, 0.4) is 0 Å². The lowest BCUT2D eigenvalue weighted by Gasteiger charge is -2.20. The van der Waals surface area contributed by atoms with Crippen molar-refractivity contribution in [2.45, 2.75) is 6.92 Å². The van der Waals surface area contributed by atoms with Gasteiger partial charge in [-0.2, -0.15) is 4.98 Å². The fourth-order valence-electron chi connectivity index (χ4n) is 3.02. The van der Waals surface area contributed by atoms with E-state index in [-0.39, 0.29) is 11.7 Å². The van der Waals surface area contributed by atoms with Crippen LogP contribution in [-0.2, 0) is 10.0 Å². The average Bonchev–Trinajstić information content (AvgIpc) is 3.21. The number of nitrogens with zero attached hydrogens (tertiary/aromatic N) is 4. The first-order valence-corrected chi connectivity index (χ1v) is 11.7. The van der Waals surface area contributed by atoms with Crippen molar-refractivity contribution in [2.75, 3.05) is 39.7 Å². The van der Waals surface area contributed by atoms with E-state index in [1.54, 1.807) is 49.3 Å². The van der Waals surface area contributed by atoms with E-state index >= 15 is 0 Å². The molecular weight excluding hydrogens is 424 g/mol. The Bertz CT molecular complexity index is 1210. The molecule has 0 saturated carbocycles. The van der Waals surface area contributed by atoms with Gasteiger partial charge in [-0.05, 0) is 42.6 Å². The number of carbonyl (C=O) groups is 1. The SMILES string of the molecule is CCS(=O)(=O)Nc1ccc(Nc2ncc3c(n2)N(C)c2ccsc2C(=O)N3C)cc1. The molecule has 2 N–H and O–H groups in total. The van der Waals surface area contributed by atoms with Crippen molar-refractivity contribution < 1.29 is 13.2 Å². The lowest BCUT2D eigenvalue weighted by atomic mass is 10.3. The Morgan fingerprint density at radius 2 is 1.73 bits per heavy atom. The van der Waals surface area contributed by atoms with Crippen LogP contribution in [-0.4, -0.2) is 44.1 Å².